The zero-order valence-electron chi connectivity index (χ0n) is 9.56. The average molecular weight is 276 g/mol. The Hall–Kier alpha value is -0.960. The minimum absolute atomic E-state index is 0.511. The Labute approximate surface area is 106 Å². The summed E-state index contributed by atoms with van der Waals surface area (Å²) < 4.78 is 19.9. The first kappa shape index (κ1) is 13.5. The van der Waals surface area contributed by atoms with Gasteiger partial charge in [0.25, 0.3) is 0 Å². The molecule has 2 N–H and O–H groups in total. The summed E-state index contributed by atoms with van der Waals surface area (Å²) in [6, 6.07) is 1.56. The highest BCUT2D eigenvalue weighted by Crippen LogP contribution is 2.30. The van der Waals surface area contributed by atoms with E-state index < -0.39 is 36.9 Å². The minimum Gasteiger partial charge on any atom is -0.394 e. The molecule has 8 heteroatoms. The van der Waals surface area contributed by atoms with Crippen molar-refractivity contribution in [3.8, 4) is 0 Å². The zero-order chi connectivity index (χ0) is 13.3. The smallest absolute Gasteiger partial charge is 0.350 e. The Balaban J connectivity index is 2.30. The first-order chi connectivity index (χ1) is 8.58. The van der Waals surface area contributed by atoms with E-state index in [1.165, 1.54) is 18.0 Å². The van der Waals surface area contributed by atoms with Crippen LogP contribution in [0.15, 0.2) is 22.1 Å². The molecule has 1 aromatic rings. The van der Waals surface area contributed by atoms with Crippen molar-refractivity contribution in [2.75, 3.05) is 12.9 Å². The molecule has 1 saturated heterocycles. The fourth-order valence-corrected chi connectivity index (χ4v) is 2.15. The summed E-state index contributed by atoms with van der Waals surface area (Å²) in [5, 5.41) is 18.9. The number of rotatable bonds is 3. The largest absolute Gasteiger partial charge is 0.394 e. The van der Waals surface area contributed by atoms with Gasteiger partial charge in [0.05, 0.1) is 6.61 Å². The van der Waals surface area contributed by atoms with Crippen LogP contribution >= 0.6 is 11.8 Å². The SMILES string of the molecule is CSc1ccn([C@@H]2O[C@H](CO)[C@@H](O)[C@H]2F)c(=O)n1. The summed E-state index contributed by atoms with van der Waals surface area (Å²) in [6.45, 7) is -0.511. The second-order valence-electron chi connectivity index (χ2n) is 3.84. The zero-order valence-corrected chi connectivity index (χ0v) is 10.4. The van der Waals surface area contributed by atoms with Crippen molar-refractivity contribution < 1.29 is 19.3 Å². The first-order valence-corrected chi connectivity index (χ1v) is 6.52. The molecule has 0 unspecified atom stereocenters. The van der Waals surface area contributed by atoms with Gasteiger partial charge in [-0.3, -0.25) is 4.57 Å². The lowest BCUT2D eigenvalue weighted by Gasteiger charge is -2.15. The van der Waals surface area contributed by atoms with E-state index in [-0.39, 0.29) is 0 Å². The third kappa shape index (κ3) is 2.28. The number of hydrogen-bond donors (Lipinski definition) is 2. The van der Waals surface area contributed by atoms with Crippen LogP contribution in [0.1, 0.15) is 6.23 Å². The van der Waals surface area contributed by atoms with E-state index in [9.17, 15) is 14.3 Å². The number of aromatic nitrogens is 2. The average Bonchev–Trinajstić information content (AvgIpc) is 2.66. The van der Waals surface area contributed by atoms with Gasteiger partial charge in [0.1, 0.15) is 17.2 Å². The third-order valence-corrected chi connectivity index (χ3v) is 3.41. The molecule has 1 aromatic heterocycles. The Bertz CT molecular complexity index is 483. The summed E-state index contributed by atoms with van der Waals surface area (Å²) in [6.07, 6.45) is -2.38. The molecular formula is C10H13FN2O4S. The normalized spacial score (nSPS) is 31.8. The number of halogens is 1. The van der Waals surface area contributed by atoms with Crippen molar-refractivity contribution >= 4 is 11.8 Å². The summed E-state index contributed by atoms with van der Waals surface area (Å²) in [4.78, 5) is 15.4. The Kier molecular flexibility index (Phi) is 4.00. The van der Waals surface area contributed by atoms with E-state index in [1.54, 1.807) is 12.3 Å². The highest BCUT2D eigenvalue weighted by molar-refractivity contribution is 7.98. The maximum absolute atomic E-state index is 13.8. The molecule has 0 aromatic carbocycles. The lowest BCUT2D eigenvalue weighted by atomic mass is 10.1. The molecule has 2 rings (SSSR count). The van der Waals surface area contributed by atoms with E-state index in [0.717, 1.165) is 4.57 Å². The van der Waals surface area contributed by atoms with Crippen LogP contribution in [0.25, 0.3) is 0 Å². The molecule has 6 nitrogen and oxygen atoms in total. The van der Waals surface area contributed by atoms with Crippen molar-refractivity contribution in [3.05, 3.63) is 22.7 Å². The molecule has 18 heavy (non-hydrogen) atoms. The molecule has 0 radical (unpaired) electrons. The van der Waals surface area contributed by atoms with Crippen LogP contribution in [0.4, 0.5) is 4.39 Å². The van der Waals surface area contributed by atoms with Crippen molar-refractivity contribution in [2.45, 2.75) is 29.6 Å². The third-order valence-electron chi connectivity index (χ3n) is 2.76. The Morgan fingerprint density at radius 1 is 1.67 bits per heavy atom. The number of aliphatic hydroxyl groups excluding tert-OH is 2. The van der Waals surface area contributed by atoms with Crippen molar-refractivity contribution in [1.29, 1.82) is 0 Å². The van der Waals surface area contributed by atoms with E-state index >= 15 is 0 Å². The fourth-order valence-electron chi connectivity index (χ4n) is 1.78. The topological polar surface area (TPSA) is 84.6 Å². The van der Waals surface area contributed by atoms with Gasteiger partial charge in [-0.05, 0) is 12.3 Å². The second kappa shape index (κ2) is 5.35. The summed E-state index contributed by atoms with van der Waals surface area (Å²) in [5.74, 6) is 0. The number of aliphatic hydroxyl groups is 2. The molecule has 0 bridgehead atoms. The van der Waals surface area contributed by atoms with Crippen LogP contribution in [-0.2, 0) is 4.74 Å². The lowest BCUT2D eigenvalue weighted by Crippen LogP contribution is -2.33. The maximum atomic E-state index is 13.8. The van der Waals surface area contributed by atoms with Crippen LogP contribution in [-0.4, -0.2) is 51.0 Å². The predicted octanol–water partition coefficient (Wildman–Crippen LogP) is -0.446. The van der Waals surface area contributed by atoms with Crippen LogP contribution < -0.4 is 5.69 Å². The molecule has 1 fully saturated rings. The van der Waals surface area contributed by atoms with Gasteiger partial charge in [0.15, 0.2) is 12.4 Å². The van der Waals surface area contributed by atoms with Gasteiger partial charge in [0.2, 0.25) is 0 Å². The molecule has 2 heterocycles. The van der Waals surface area contributed by atoms with Crippen molar-refractivity contribution in [1.82, 2.24) is 9.55 Å². The molecular weight excluding hydrogens is 263 g/mol. The molecule has 1 aliphatic heterocycles. The number of thioether (sulfide) groups is 1. The highest BCUT2D eigenvalue weighted by atomic mass is 32.2. The number of ether oxygens (including phenoxy) is 1. The van der Waals surface area contributed by atoms with Crippen LogP contribution in [0.2, 0.25) is 0 Å². The molecule has 100 valence electrons. The fraction of sp³-hybridized carbons (Fsp3) is 0.600. The summed E-state index contributed by atoms with van der Waals surface area (Å²) in [7, 11) is 0. The van der Waals surface area contributed by atoms with Crippen molar-refractivity contribution in [3.63, 3.8) is 0 Å². The lowest BCUT2D eigenvalue weighted by molar-refractivity contribution is -0.0492. The molecule has 0 saturated carbocycles. The Morgan fingerprint density at radius 2 is 2.39 bits per heavy atom. The second-order valence-corrected chi connectivity index (χ2v) is 4.67. The monoisotopic (exact) mass is 276 g/mol. The van der Waals surface area contributed by atoms with Crippen LogP contribution in [0.5, 0.6) is 0 Å². The predicted molar refractivity (Wildman–Crippen MR) is 62.2 cm³/mol. The highest BCUT2D eigenvalue weighted by Gasteiger charge is 2.45. The Morgan fingerprint density at radius 3 is 2.89 bits per heavy atom. The van der Waals surface area contributed by atoms with Gasteiger partial charge in [-0.15, -0.1) is 11.8 Å². The van der Waals surface area contributed by atoms with Gasteiger partial charge >= 0.3 is 5.69 Å². The van der Waals surface area contributed by atoms with E-state index in [1.807, 2.05) is 0 Å². The van der Waals surface area contributed by atoms with E-state index in [4.69, 9.17) is 9.84 Å². The molecule has 0 aliphatic carbocycles. The number of nitrogens with zero attached hydrogens (tertiary/aromatic N) is 2. The maximum Gasteiger partial charge on any atom is 0.350 e. The first-order valence-electron chi connectivity index (χ1n) is 5.30. The summed E-state index contributed by atoms with van der Waals surface area (Å²) >= 11 is 1.29. The molecule has 0 amide bonds. The van der Waals surface area contributed by atoms with Crippen molar-refractivity contribution in [2.24, 2.45) is 0 Å². The molecule has 4 atom stereocenters. The van der Waals surface area contributed by atoms with E-state index in [2.05, 4.69) is 4.98 Å². The van der Waals surface area contributed by atoms with Gasteiger partial charge in [-0.25, -0.2) is 9.18 Å². The summed E-state index contributed by atoms with van der Waals surface area (Å²) in [5.41, 5.74) is -0.653. The van der Waals surface area contributed by atoms with E-state index in [0.29, 0.717) is 5.03 Å². The van der Waals surface area contributed by atoms with Gasteiger partial charge in [-0.1, -0.05) is 0 Å². The number of hydrogen-bond acceptors (Lipinski definition) is 6. The van der Waals surface area contributed by atoms with Crippen LogP contribution in [0, 0.1) is 0 Å². The molecule has 1 aliphatic rings. The molecule has 0 spiro atoms. The quantitative estimate of drug-likeness (QED) is 0.575. The van der Waals surface area contributed by atoms with Gasteiger partial charge in [0, 0.05) is 6.20 Å². The van der Waals surface area contributed by atoms with Gasteiger partial charge < -0.3 is 14.9 Å². The van der Waals surface area contributed by atoms with Gasteiger partial charge in [-0.2, -0.15) is 4.98 Å². The standard InChI is InChI=1S/C10H13FN2O4S/c1-18-6-2-3-13(10(16)12-6)9-7(11)8(15)5(4-14)17-9/h2-3,5,7-9,14-15H,4H2,1H3/t5-,7-,8-,9-/m1/s1. The number of alkyl halides is 1. The van der Waals surface area contributed by atoms with Crippen LogP contribution in [0.3, 0.4) is 0 Å². The minimum atomic E-state index is -1.78.